The number of imidazole rings is 1. The van der Waals surface area contributed by atoms with Crippen molar-refractivity contribution in [1.29, 1.82) is 0 Å². The fourth-order valence-electron chi connectivity index (χ4n) is 3.88. The van der Waals surface area contributed by atoms with Gasteiger partial charge in [0.1, 0.15) is 6.54 Å². The van der Waals surface area contributed by atoms with Crippen LogP contribution in [0.25, 0.3) is 11.0 Å². The van der Waals surface area contributed by atoms with Gasteiger partial charge >= 0.3 is 5.69 Å². The number of fused-ring (bicyclic) bond motifs is 1. The van der Waals surface area contributed by atoms with Crippen molar-refractivity contribution in [1.82, 2.24) is 14.0 Å². The molecule has 160 valence electrons. The topological polar surface area (TPSA) is 93.4 Å². The predicted octanol–water partition coefficient (Wildman–Crippen LogP) is 2.50. The molecule has 3 aromatic rings. The molecule has 1 saturated heterocycles. The van der Waals surface area contributed by atoms with Crippen LogP contribution < -0.4 is 11.0 Å². The molecule has 2 heterocycles. The molecular weight excluding hydrogens is 396 g/mol. The lowest BCUT2D eigenvalue weighted by Crippen LogP contribution is -2.29. The van der Waals surface area contributed by atoms with Crippen LogP contribution in [0.15, 0.2) is 53.3 Å². The number of carbonyl (C=O) groups is 3. The number of carbonyl (C=O) groups excluding carboxylic acids is 3. The summed E-state index contributed by atoms with van der Waals surface area (Å²) in [5.41, 5.74) is 2.73. The minimum Gasteiger partial charge on any atom is -0.325 e. The second kappa shape index (κ2) is 8.59. The van der Waals surface area contributed by atoms with E-state index in [2.05, 4.69) is 5.32 Å². The number of para-hydroxylation sites is 2. The lowest BCUT2D eigenvalue weighted by Gasteiger charge is -2.14. The second-order valence-corrected chi connectivity index (χ2v) is 7.63. The van der Waals surface area contributed by atoms with Gasteiger partial charge in [0.2, 0.25) is 17.7 Å². The van der Waals surface area contributed by atoms with Crippen molar-refractivity contribution in [2.24, 2.45) is 0 Å². The van der Waals surface area contributed by atoms with Crippen molar-refractivity contribution in [3.63, 3.8) is 0 Å². The van der Waals surface area contributed by atoms with Crippen molar-refractivity contribution >= 4 is 34.4 Å². The van der Waals surface area contributed by atoms with E-state index in [1.807, 2.05) is 31.2 Å². The standard InChI is InChI=1S/C23H24N4O4/c1-2-13-25-18-5-3-4-6-19(18)26(23(25)31)15-20(28)24-17-9-7-16(8-10-17)14-27-21(29)11-12-22(27)30/h3-10H,2,11-15H2,1H3,(H,24,28). The normalized spacial score (nSPS) is 13.9. The highest BCUT2D eigenvalue weighted by molar-refractivity contribution is 6.01. The van der Waals surface area contributed by atoms with Gasteiger partial charge in [0.25, 0.3) is 0 Å². The van der Waals surface area contributed by atoms with E-state index >= 15 is 0 Å². The molecule has 3 amide bonds. The van der Waals surface area contributed by atoms with Crippen molar-refractivity contribution in [3.05, 3.63) is 64.6 Å². The first-order valence-corrected chi connectivity index (χ1v) is 10.4. The van der Waals surface area contributed by atoms with Crippen molar-refractivity contribution in [3.8, 4) is 0 Å². The van der Waals surface area contributed by atoms with Crippen molar-refractivity contribution in [2.45, 2.75) is 45.8 Å². The number of imide groups is 1. The largest absolute Gasteiger partial charge is 0.329 e. The van der Waals surface area contributed by atoms with Gasteiger partial charge in [0.15, 0.2) is 0 Å². The van der Waals surface area contributed by atoms with Crippen LogP contribution in [-0.2, 0) is 34.0 Å². The maximum Gasteiger partial charge on any atom is 0.329 e. The Labute approximate surface area is 179 Å². The lowest BCUT2D eigenvalue weighted by atomic mass is 10.2. The number of nitrogens with zero attached hydrogens (tertiary/aromatic N) is 3. The Morgan fingerprint density at radius 1 is 0.903 bits per heavy atom. The summed E-state index contributed by atoms with van der Waals surface area (Å²) in [4.78, 5) is 50.2. The molecule has 0 aliphatic carbocycles. The van der Waals surface area contributed by atoms with Gasteiger partial charge in [-0.25, -0.2) is 4.79 Å². The van der Waals surface area contributed by atoms with Gasteiger partial charge < -0.3 is 5.32 Å². The Kier molecular flexibility index (Phi) is 5.70. The van der Waals surface area contributed by atoms with Gasteiger partial charge in [-0.3, -0.25) is 28.4 Å². The number of rotatable bonds is 7. The van der Waals surface area contributed by atoms with Crippen LogP contribution >= 0.6 is 0 Å². The molecule has 1 fully saturated rings. The molecule has 8 nitrogen and oxygen atoms in total. The van der Waals surface area contributed by atoms with Gasteiger partial charge in [0, 0.05) is 25.1 Å². The van der Waals surface area contributed by atoms with E-state index in [1.54, 1.807) is 28.8 Å². The zero-order chi connectivity index (χ0) is 22.0. The number of anilines is 1. The monoisotopic (exact) mass is 420 g/mol. The van der Waals surface area contributed by atoms with E-state index < -0.39 is 0 Å². The maximum atomic E-state index is 12.8. The molecule has 0 unspecified atom stereocenters. The van der Waals surface area contributed by atoms with Gasteiger partial charge in [-0.15, -0.1) is 0 Å². The molecule has 2 aromatic carbocycles. The molecule has 8 heteroatoms. The third-order valence-corrected chi connectivity index (χ3v) is 5.41. The van der Waals surface area contributed by atoms with Crippen LogP contribution in [0.3, 0.4) is 0 Å². The molecule has 4 rings (SSSR count). The Morgan fingerprint density at radius 2 is 1.52 bits per heavy atom. The molecule has 0 spiro atoms. The Balaban J connectivity index is 1.46. The molecule has 0 bridgehead atoms. The zero-order valence-electron chi connectivity index (χ0n) is 17.3. The summed E-state index contributed by atoms with van der Waals surface area (Å²) in [5, 5.41) is 2.81. The van der Waals surface area contributed by atoms with E-state index in [0.29, 0.717) is 12.2 Å². The quantitative estimate of drug-likeness (QED) is 0.595. The van der Waals surface area contributed by atoms with E-state index in [0.717, 1.165) is 23.0 Å². The summed E-state index contributed by atoms with van der Waals surface area (Å²) in [7, 11) is 0. The van der Waals surface area contributed by atoms with Gasteiger partial charge in [-0.1, -0.05) is 31.2 Å². The van der Waals surface area contributed by atoms with Crippen LogP contribution in [0.1, 0.15) is 31.7 Å². The fraction of sp³-hybridized carbons (Fsp3) is 0.304. The smallest absolute Gasteiger partial charge is 0.325 e. The number of aryl methyl sites for hydroxylation is 1. The Morgan fingerprint density at radius 3 is 2.13 bits per heavy atom. The number of likely N-dealkylation sites (tertiary alicyclic amines) is 1. The van der Waals surface area contributed by atoms with Gasteiger partial charge in [-0.05, 0) is 36.2 Å². The third-order valence-electron chi connectivity index (χ3n) is 5.41. The molecule has 1 aliphatic heterocycles. The van der Waals surface area contributed by atoms with E-state index in [9.17, 15) is 19.2 Å². The lowest BCUT2D eigenvalue weighted by molar-refractivity contribution is -0.139. The molecular formula is C23H24N4O4. The number of nitrogens with one attached hydrogen (secondary N) is 1. The summed E-state index contributed by atoms with van der Waals surface area (Å²) in [5.74, 6) is -0.621. The highest BCUT2D eigenvalue weighted by Crippen LogP contribution is 2.18. The Hall–Kier alpha value is -3.68. The highest BCUT2D eigenvalue weighted by atomic mass is 16.2. The van der Waals surface area contributed by atoms with E-state index in [1.165, 1.54) is 9.47 Å². The number of hydrogen-bond donors (Lipinski definition) is 1. The highest BCUT2D eigenvalue weighted by Gasteiger charge is 2.28. The van der Waals surface area contributed by atoms with Gasteiger partial charge in [0.05, 0.1) is 17.6 Å². The number of amides is 3. The first-order chi connectivity index (χ1) is 15.0. The minimum absolute atomic E-state index is 0.0887. The van der Waals surface area contributed by atoms with Gasteiger partial charge in [-0.2, -0.15) is 0 Å². The number of aromatic nitrogens is 2. The van der Waals surface area contributed by atoms with Crippen LogP contribution in [0.2, 0.25) is 0 Å². The number of hydrogen-bond acceptors (Lipinski definition) is 4. The molecule has 1 aliphatic rings. The molecule has 1 N–H and O–H groups in total. The molecule has 31 heavy (non-hydrogen) atoms. The van der Waals surface area contributed by atoms with E-state index in [4.69, 9.17) is 0 Å². The van der Waals surface area contributed by atoms with Crippen LogP contribution in [0, 0.1) is 0 Å². The molecule has 0 saturated carbocycles. The molecule has 0 radical (unpaired) electrons. The van der Waals surface area contributed by atoms with Crippen LogP contribution in [0.5, 0.6) is 0 Å². The Bertz CT molecular complexity index is 1190. The van der Waals surface area contributed by atoms with Crippen LogP contribution in [0.4, 0.5) is 5.69 Å². The first-order valence-electron chi connectivity index (χ1n) is 10.4. The average molecular weight is 420 g/mol. The van der Waals surface area contributed by atoms with Crippen molar-refractivity contribution in [2.75, 3.05) is 5.32 Å². The third kappa shape index (κ3) is 4.14. The second-order valence-electron chi connectivity index (χ2n) is 7.63. The van der Waals surface area contributed by atoms with E-state index in [-0.39, 0.29) is 49.3 Å². The summed E-state index contributed by atoms with van der Waals surface area (Å²) in [6.07, 6.45) is 1.35. The summed E-state index contributed by atoms with van der Waals surface area (Å²) in [6, 6.07) is 14.4. The predicted molar refractivity (Wildman–Crippen MR) is 116 cm³/mol. The summed E-state index contributed by atoms with van der Waals surface area (Å²) < 4.78 is 3.18. The maximum absolute atomic E-state index is 12.8. The fourth-order valence-corrected chi connectivity index (χ4v) is 3.88. The van der Waals surface area contributed by atoms with Crippen LogP contribution in [-0.4, -0.2) is 31.8 Å². The minimum atomic E-state index is -0.306. The molecule has 1 aromatic heterocycles. The first kappa shape index (κ1) is 20.6. The SMILES string of the molecule is CCCn1c(=O)n(CC(=O)Nc2ccc(CN3C(=O)CCC3=O)cc2)c2ccccc21. The summed E-state index contributed by atoms with van der Waals surface area (Å²) in [6.45, 7) is 2.74. The average Bonchev–Trinajstić information content (AvgIpc) is 3.21. The zero-order valence-corrected chi connectivity index (χ0v) is 17.3. The number of benzene rings is 2. The van der Waals surface area contributed by atoms with Crippen molar-refractivity contribution < 1.29 is 14.4 Å². The summed E-state index contributed by atoms with van der Waals surface area (Å²) >= 11 is 0. The molecule has 0 atom stereocenters.